The molecule has 0 aliphatic carbocycles. The molecule has 6 rings (SSSR count). The summed E-state index contributed by atoms with van der Waals surface area (Å²) < 4.78 is 102. The van der Waals surface area contributed by atoms with Gasteiger partial charge in [-0.25, -0.2) is 0 Å². The predicted molar refractivity (Wildman–Crippen MR) is 230 cm³/mol. The molecule has 3 aromatic heterocycles. The third kappa shape index (κ3) is 18.6. The molecule has 3 heterocycles. The first kappa shape index (κ1) is 49.1. The zero-order valence-electron chi connectivity index (χ0n) is 35.3. The number of rotatable bonds is 21. The van der Waals surface area contributed by atoms with E-state index >= 15 is 0 Å². The molecule has 0 N–H and O–H groups in total. The minimum Gasteiger partial charge on any atom is -0.492 e. The highest BCUT2D eigenvalue weighted by Gasteiger charge is 2.08. The van der Waals surface area contributed by atoms with Crippen LogP contribution < -0.4 is 28.4 Å². The molecule has 0 aliphatic rings. The Hall–Kier alpha value is -6.51. The van der Waals surface area contributed by atoms with E-state index in [0.29, 0.717) is 25.6 Å². The van der Waals surface area contributed by atoms with Crippen molar-refractivity contribution in [1.29, 1.82) is 0 Å². The smallest absolute Gasteiger partial charge is 0.387 e. The molecule has 9 nitrogen and oxygen atoms in total. The van der Waals surface area contributed by atoms with Crippen molar-refractivity contribution >= 4 is 0 Å². The van der Waals surface area contributed by atoms with Crippen LogP contribution >= 0.6 is 0 Å². The van der Waals surface area contributed by atoms with Crippen LogP contribution in [0.2, 0.25) is 0 Å². The Balaban J connectivity index is 0.000000208. The summed E-state index contributed by atoms with van der Waals surface area (Å²) in [5, 5.41) is 0. The van der Waals surface area contributed by atoms with Crippen LogP contribution in [0.1, 0.15) is 59.3 Å². The van der Waals surface area contributed by atoms with E-state index in [2.05, 4.69) is 43.0 Å². The van der Waals surface area contributed by atoms with E-state index < -0.39 is 19.8 Å². The van der Waals surface area contributed by atoms with Crippen molar-refractivity contribution in [2.75, 3.05) is 19.8 Å². The lowest BCUT2D eigenvalue weighted by Crippen LogP contribution is -2.01. The number of unbranched alkanes of at least 4 members (excludes halogenated alkanes) is 3. The van der Waals surface area contributed by atoms with Gasteiger partial charge in [0.1, 0.15) is 34.5 Å². The van der Waals surface area contributed by atoms with Crippen molar-refractivity contribution in [3.63, 3.8) is 0 Å². The lowest BCUT2D eigenvalue weighted by Gasteiger charge is -2.07. The topological polar surface area (TPSA) is 94.1 Å². The molecule has 0 amide bonds. The lowest BCUT2D eigenvalue weighted by molar-refractivity contribution is -0.0505. The second-order valence-electron chi connectivity index (χ2n) is 13.5. The van der Waals surface area contributed by atoms with Crippen LogP contribution in [0.25, 0.3) is 33.8 Å². The van der Waals surface area contributed by atoms with Crippen LogP contribution in [0.15, 0.2) is 128 Å². The zero-order valence-corrected chi connectivity index (χ0v) is 35.3. The highest BCUT2D eigenvalue weighted by Crippen LogP contribution is 2.26. The predicted octanol–water partition coefficient (Wildman–Crippen LogP) is 13.6. The molecule has 0 radical (unpaired) electrons. The third-order valence-electron chi connectivity index (χ3n) is 8.59. The molecule has 6 aromatic rings. The van der Waals surface area contributed by atoms with Crippen LogP contribution in [0, 0.1) is 0 Å². The van der Waals surface area contributed by atoms with Gasteiger partial charge in [0.2, 0.25) is 0 Å². The Morgan fingerprint density at radius 3 is 0.921 bits per heavy atom. The molecule has 0 bridgehead atoms. The number of hydrogen-bond donors (Lipinski definition) is 0. The van der Waals surface area contributed by atoms with E-state index in [1.165, 1.54) is 36.4 Å². The van der Waals surface area contributed by atoms with Crippen molar-refractivity contribution in [2.45, 2.75) is 79.1 Å². The zero-order chi connectivity index (χ0) is 45.2. The summed E-state index contributed by atoms with van der Waals surface area (Å²) in [6, 6.07) is 30.2. The van der Waals surface area contributed by atoms with E-state index in [9.17, 15) is 26.3 Å². The average molecular weight is 880 g/mol. The molecule has 0 saturated carbocycles. The van der Waals surface area contributed by atoms with Gasteiger partial charge in [0.15, 0.2) is 0 Å². The van der Waals surface area contributed by atoms with Gasteiger partial charge in [0.05, 0.1) is 55.5 Å². The number of halogens is 6. The Bertz CT molecular complexity index is 2110. The molecule has 63 heavy (non-hydrogen) atoms. The van der Waals surface area contributed by atoms with Gasteiger partial charge in [-0.05, 0) is 128 Å². The van der Waals surface area contributed by atoms with Crippen LogP contribution in [0.5, 0.6) is 34.5 Å². The molecule has 0 aliphatic heterocycles. The number of benzene rings is 3. The number of nitrogens with zero attached hydrogens (tertiary/aromatic N) is 3. The Labute approximate surface area is 364 Å². The second-order valence-corrected chi connectivity index (χ2v) is 13.5. The maximum atomic E-state index is 12.1. The summed E-state index contributed by atoms with van der Waals surface area (Å²) in [5.74, 6) is 2.57. The lowest BCUT2D eigenvalue weighted by atomic mass is 10.1. The van der Waals surface area contributed by atoms with Crippen molar-refractivity contribution < 1.29 is 54.8 Å². The first-order valence-electron chi connectivity index (χ1n) is 20.5. The first-order chi connectivity index (χ1) is 30.6. The van der Waals surface area contributed by atoms with E-state index in [4.69, 9.17) is 14.2 Å². The molecule has 0 atom stereocenters. The molecule has 0 fully saturated rings. The highest BCUT2D eigenvalue weighted by atomic mass is 19.3. The van der Waals surface area contributed by atoms with Gasteiger partial charge < -0.3 is 28.4 Å². The monoisotopic (exact) mass is 879 g/mol. The number of ether oxygens (including phenoxy) is 6. The van der Waals surface area contributed by atoms with E-state index in [-0.39, 0.29) is 17.2 Å². The number of alkyl halides is 6. The summed E-state index contributed by atoms with van der Waals surface area (Å²) in [6.45, 7) is -0.132. The van der Waals surface area contributed by atoms with E-state index in [0.717, 1.165) is 83.8 Å². The van der Waals surface area contributed by atoms with Gasteiger partial charge in [0.25, 0.3) is 0 Å². The van der Waals surface area contributed by atoms with Gasteiger partial charge >= 0.3 is 19.8 Å². The first-order valence-corrected chi connectivity index (χ1v) is 20.5. The fraction of sp³-hybridized carbons (Fsp3) is 0.312. The summed E-state index contributed by atoms with van der Waals surface area (Å²) in [4.78, 5) is 12.9. The summed E-state index contributed by atoms with van der Waals surface area (Å²) in [6.07, 6.45) is 11.3. The minimum atomic E-state index is -2.81. The minimum absolute atomic E-state index is 0.131. The Morgan fingerprint density at radius 1 is 0.349 bits per heavy atom. The number of pyridine rings is 3. The molecule has 0 spiro atoms. The maximum Gasteiger partial charge on any atom is 0.387 e. The van der Waals surface area contributed by atoms with Crippen molar-refractivity contribution in [2.24, 2.45) is 0 Å². The van der Waals surface area contributed by atoms with E-state index in [1.54, 1.807) is 55.0 Å². The molecule has 336 valence electrons. The SMILES string of the molecule is CCCCCOc1ccc(-c2ccc(OC(F)F)cc2)nc1.CCCCOc1ccc(-c2ccc(OC(F)F)cc2)nc1.CCCOc1ccc(-c2ccc(OC(F)F)cc2)nc1. The third-order valence-corrected chi connectivity index (χ3v) is 8.59. The maximum absolute atomic E-state index is 12.1. The highest BCUT2D eigenvalue weighted by molar-refractivity contribution is 5.62. The molecule has 3 aromatic carbocycles. The normalized spacial score (nSPS) is 10.7. The van der Waals surface area contributed by atoms with Crippen LogP contribution in [0.4, 0.5) is 26.3 Å². The number of hydrogen-bond acceptors (Lipinski definition) is 9. The number of aromatic nitrogens is 3. The molecular weight excluding hydrogens is 829 g/mol. The van der Waals surface area contributed by atoms with Gasteiger partial charge in [0, 0.05) is 16.7 Å². The molecule has 0 saturated heterocycles. The quantitative estimate of drug-likeness (QED) is 0.0517. The summed E-state index contributed by atoms with van der Waals surface area (Å²) in [5.41, 5.74) is 4.74. The molecular formula is C48H51F6N3O6. The van der Waals surface area contributed by atoms with Crippen LogP contribution in [-0.2, 0) is 0 Å². The van der Waals surface area contributed by atoms with Crippen LogP contribution in [0.3, 0.4) is 0 Å². The van der Waals surface area contributed by atoms with Crippen molar-refractivity contribution in [3.05, 3.63) is 128 Å². The fourth-order valence-electron chi connectivity index (χ4n) is 5.43. The van der Waals surface area contributed by atoms with Gasteiger partial charge in [-0.3, -0.25) is 15.0 Å². The van der Waals surface area contributed by atoms with Crippen LogP contribution in [-0.4, -0.2) is 54.6 Å². The molecule has 15 heteroatoms. The van der Waals surface area contributed by atoms with Crippen molar-refractivity contribution in [3.8, 4) is 68.3 Å². The summed E-state index contributed by atoms with van der Waals surface area (Å²) >= 11 is 0. The fourth-order valence-corrected chi connectivity index (χ4v) is 5.43. The van der Waals surface area contributed by atoms with Gasteiger partial charge in [-0.1, -0.05) is 40.0 Å². The van der Waals surface area contributed by atoms with Crippen molar-refractivity contribution in [1.82, 2.24) is 15.0 Å². The largest absolute Gasteiger partial charge is 0.492 e. The van der Waals surface area contributed by atoms with Gasteiger partial charge in [-0.15, -0.1) is 0 Å². The summed E-state index contributed by atoms with van der Waals surface area (Å²) in [7, 11) is 0. The van der Waals surface area contributed by atoms with Gasteiger partial charge in [-0.2, -0.15) is 26.3 Å². The average Bonchev–Trinajstić information content (AvgIpc) is 3.29. The Kier molecular flexibility index (Phi) is 21.4. The van der Waals surface area contributed by atoms with E-state index in [1.807, 2.05) is 43.3 Å². The molecule has 0 unspecified atom stereocenters. The standard InChI is InChI=1S/C17H19F2NO2.C16H17F2NO2.C15H15F2NO2/c1-2-3-4-11-21-15-9-10-16(20-12-15)13-5-7-14(8-6-13)22-17(18)19;1-2-3-10-20-14-8-9-15(19-11-14)12-4-6-13(7-5-12)21-16(17)18;1-2-9-19-13-7-8-14(18-10-13)11-3-5-12(6-4-11)20-15(16)17/h5-10,12,17H,2-4,11H2,1H3;4-9,11,16H,2-3,10H2,1H3;3-8,10,15H,2,9H2,1H3. The Morgan fingerprint density at radius 2 is 0.651 bits per heavy atom. The second kappa shape index (κ2) is 27.4.